The predicted molar refractivity (Wildman–Crippen MR) is 121 cm³/mol. The molecule has 0 atom stereocenters. The maximum absolute atomic E-state index is 13.9. The molecule has 5 heterocycles. The van der Waals surface area contributed by atoms with Crippen LogP contribution in [0, 0.1) is 0 Å². The molecule has 2 fully saturated rings. The summed E-state index contributed by atoms with van der Waals surface area (Å²) in [6.07, 6.45) is 9.83. The summed E-state index contributed by atoms with van der Waals surface area (Å²) in [6, 6.07) is 4.00. The van der Waals surface area contributed by atoms with Crippen molar-refractivity contribution in [2.24, 2.45) is 0 Å². The summed E-state index contributed by atoms with van der Waals surface area (Å²) in [4.78, 5) is 24.9. The molecule has 3 N–H and O–H groups in total. The Hall–Kier alpha value is -3.53. The lowest BCUT2D eigenvalue weighted by molar-refractivity contribution is 0.0697. The van der Waals surface area contributed by atoms with E-state index in [1.807, 2.05) is 24.5 Å². The number of carbonyl (C=O) groups is 1. The molecular formula is C23H24FN7O2. The van der Waals surface area contributed by atoms with Crippen LogP contribution >= 0.6 is 0 Å². The number of amides is 1. The molecule has 0 radical (unpaired) electrons. The van der Waals surface area contributed by atoms with Gasteiger partial charge in [-0.1, -0.05) is 0 Å². The van der Waals surface area contributed by atoms with Crippen LogP contribution < -0.4 is 10.6 Å². The van der Waals surface area contributed by atoms with Crippen molar-refractivity contribution in [3.8, 4) is 11.1 Å². The van der Waals surface area contributed by atoms with Gasteiger partial charge in [0.2, 0.25) is 5.95 Å². The van der Waals surface area contributed by atoms with Gasteiger partial charge in [-0.2, -0.15) is 10.1 Å². The summed E-state index contributed by atoms with van der Waals surface area (Å²) in [5.74, 6) is 0.270. The highest BCUT2D eigenvalue weighted by atomic mass is 19.1. The standard InChI is InChI=1S/C23H24FN7O2/c24-23(4-5-23)13-27-22-26-11-17-16(10-25-20(17)30-22)14-1-6-31-19(9-14)18(12-28-31)21(32)29-15-2-7-33-8-3-15/h1,6,9-12,15H,2-5,7-8,13H2,(H,29,32)(H2,25,26,27,30). The first-order chi connectivity index (χ1) is 16.1. The number of pyridine rings is 1. The van der Waals surface area contributed by atoms with Crippen LogP contribution in [0.15, 0.2) is 36.9 Å². The van der Waals surface area contributed by atoms with Crippen LogP contribution in [-0.4, -0.2) is 61.9 Å². The van der Waals surface area contributed by atoms with E-state index in [-0.39, 0.29) is 18.5 Å². The molecule has 6 rings (SSSR count). The third-order valence-electron chi connectivity index (χ3n) is 6.42. The molecule has 0 unspecified atom stereocenters. The van der Waals surface area contributed by atoms with Gasteiger partial charge in [0.25, 0.3) is 5.91 Å². The van der Waals surface area contributed by atoms with Crippen molar-refractivity contribution < 1.29 is 13.9 Å². The van der Waals surface area contributed by atoms with Crippen LogP contribution in [-0.2, 0) is 4.74 Å². The van der Waals surface area contributed by atoms with Crippen molar-refractivity contribution >= 4 is 28.4 Å². The number of nitrogens with zero attached hydrogens (tertiary/aromatic N) is 4. The molecule has 4 aromatic heterocycles. The van der Waals surface area contributed by atoms with E-state index in [1.165, 1.54) is 0 Å². The van der Waals surface area contributed by atoms with E-state index in [0.717, 1.165) is 34.9 Å². The lowest BCUT2D eigenvalue weighted by Crippen LogP contribution is -2.38. The van der Waals surface area contributed by atoms with Crippen molar-refractivity contribution in [3.63, 3.8) is 0 Å². The second-order valence-electron chi connectivity index (χ2n) is 8.83. The zero-order valence-corrected chi connectivity index (χ0v) is 18.0. The molecule has 1 aliphatic heterocycles. The van der Waals surface area contributed by atoms with E-state index in [9.17, 15) is 9.18 Å². The SMILES string of the molecule is O=C(NC1CCOCC1)c1cnn2ccc(-c3c[nH]c4nc(NCC5(F)CC5)ncc34)cc12. The number of anilines is 1. The third kappa shape index (κ3) is 3.91. The number of alkyl halides is 1. The number of hydrogen-bond acceptors (Lipinski definition) is 6. The van der Waals surface area contributed by atoms with Gasteiger partial charge in [-0.3, -0.25) is 4.79 Å². The molecule has 0 bridgehead atoms. The highest BCUT2D eigenvalue weighted by Crippen LogP contribution is 2.39. The molecule has 0 spiro atoms. The largest absolute Gasteiger partial charge is 0.381 e. The summed E-state index contributed by atoms with van der Waals surface area (Å²) in [5.41, 5.74) is 2.64. The smallest absolute Gasteiger partial charge is 0.255 e. The van der Waals surface area contributed by atoms with Crippen LogP contribution in [0.25, 0.3) is 27.7 Å². The van der Waals surface area contributed by atoms with Gasteiger partial charge in [0.1, 0.15) is 11.3 Å². The van der Waals surface area contributed by atoms with Gasteiger partial charge < -0.3 is 20.4 Å². The number of nitrogens with one attached hydrogen (secondary N) is 3. The van der Waals surface area contributed by atoms with Crippen molar-refractivity contribution in [2.45, 2.75) is 37.4 Å². The Balaban J connectivity index is 1.27. The molecule has 1 saturated carbocycles. The number of aromatic nitrogens is 5. The molecule has 10 heteroatoms. The summed E-state index contributed by atoms with van der Waals surface area (Å²) in [5, 5.41) is 11.3. The number of hydrogen-bond donors (Lipinski definition) is 3. The zero-order chi connectivity index (χ0) is 22.4. The Kier molecular flexibility index (Phi) is 4.75. The Morgan fingerprint density at radius 1 is 1.30 bits per heavy atom. The lowest BCUT2D eigenvalue weighted by atomic mass is 10.1. The minimum atomic E-state index is -1.12. The van der Waals surface area contributed by atoms with E-state index in [4.69, 9.17) is 4.74 Å². The minimum Gasteiger partial charge on any atom is -0.381 e. The lowest BCUT2D eigenvalue weighted by Gasteiger charge is -2.22. The van der Waals surface area contributed by atoms with Gasteiger partial charge in [-0.05, 0) is 43.4 Å². The number of halogens is 1. The fraction of sp³-hybridized carbons (Fsp3) is 0.391. The number of rotatable bonds is 6. The summed E-state index contributed by atoms with van der Waals surface area (Å²) in [7, 11) is 0. The van der Waals surface area contributed by atoms with E-state index in [2.05, 4.69) is 30.7 Å². The topological polar surface area (TPSA) is 109 Å². The first kappa shape index (κ1) is 20.1. The normalized spacial score (nSPS) is 18.0. The molecule has 2 aliphatic rings. The maximum atomic E-state index is 13.9. The minimum absolute atomic E-state index is 0.116. The van der Waals surface area contributed by atoms with Crippen LogP contribution in [0.4, 0.5) is 10.3 Å². The Morgan fingerprint density at radius 2 is 2.15 bits per heavy atom. The van der Waals surface area contributed by atoms with Gasteiger partial charge in [-0.15, -0.1) is 0 Å². The van der Waals surface area contributed by atoms with Crippen molar-refractivity contribution in [2.75, 3.05) is 25.1 Å². The van der Waals surface area contributed by atoms with E-state index >= 15 is 0 Å². The highest BCUT2D eigenvalue weighted by molar-refractivity contribution is 6.02. The quantitative estimate of drug-likeness (QED) is 0.417. The van der Waals surface area contributed by atoms with Crippen LogP contribution in [0.5, 0.6) is 0 Å². The van der Waals surface area contributed by atoms with E-state index < -0.39 is 5.67 Å². The number of H-pyrrole nitrogens is 1. The molecule has 170 valence electrons. The van der Waals surface area contributed by atoms with Gasteiger partial charge in [-0.25, -0.2) is 13.9 Å². The number of aromatic amines is 1. The number of fused-ring (bicyclic) bond motifs is 2. The number of ether oxygens (including phenoxy) is 1. The third-order valence-corrected chi connectivity index (χ3v) is 6.42. The fourth-order valence-electron chi connectivity index (χ4n) is 4.21. The van der Waals surface area contributed by atoms with Crippen molar-refractivity contribution in [1.29, 1.82) is 0 Å². The monoisotopic (exact) mass is 449 g/mol. The van der Waals surface area contributed by atoms with Gasteiger partial charge in [0, 0.05) is 48.8 Å². The average Bonchev–Trinajstić information content (AvgIpc) is 3.23. The second-order valence-corrected chi connectivity index (χ2v) is 8.83. The molecular weight excluding hydrogens is 425 g/mol. The van der Waals surface area contributed by atoms with Crippen LogP contribution in [0.3, 0.4) is 0 Å². The van der Waals surface area contributed by atoms with Gasteiger partial charge in [0.05, 0.1) is 23.8 Å². The Bertz CT molecular complexity index is 1340. The average molecular weight is 449 g/mol. The first-order valence-electron chi connectivity index (χ1n) is 11.2. The number of carbonyl (C=O) groups excluding carboxylic acids is 1. The van der Waals surface area contributed by atoms with Gasteiger partial charge >= 0.3 is 0 Å². The van der Waals surface area contributed by atoms with Crippen LogP contribution in [0.1, 0.15) is 36.0 Å². The van der Waals surface area contributed by atoms with Crippen molar-refractivity contribution in [1.82, 2.24) is 29.9 Å². The maximum Gasteiger partial charge on any atom is 0.255 e. The fourth-order valence-corrected chi connectivity index (χ4v) is 4.21. The van der Waals surface area contributed by atoms with Crippen LogP contribution in [0.2, 0.25) is 0 Å². The molecule has 9 nitrogen and oxygen atoms in total. The van der Waals surface area contributed by atoms with Crippen molar-refractivity contribution in [3.05, 3.63) is 42.5 Å². The molecule has 1 saturated heterocycles. The summed E-state index contributed by atoms with van der Waals surface area (Å²) in [6.45, 7) is 1.55. The summed E-state index contributed by atoms with van der Waals surface area (Å²) >= 11 is 0. The highest BCUT2D eigenvalue weighted by Gasteiger charge is 2.43. The Labute approximate surface area is 188 Å². The molecule has 0 aromatic carbocycles. The first-order valence-corrected chi connectivity index (χ1v) is 11.2. The zero-order valence-electron chi connectivity index (χ0n) is 18.0. The second kappa shape index (κ2) is 7.80. The molecule has 4 aromatic rings. The van der Waals surface area contributed by atoms with E-state index in [0.29, 0.717) is 43.2 Å². The molecule has 33 heavy (non-hydrogen) atoms. The predicted octanol–water partition coefficient (Wildman–Crippen LogP) is 3.10. The van der Waals surface area contributed by atoms with E-state index in [1.54, 1.807) is 16.9 Å². The molecule has 1 aliphatic carbocycles. The van der Waals surface area contributed by atoms with Gasteiger partial charge in [0.15, 0.2) is 0 Å². The summed E-state index contributed by atoms with van der Waals surface area (Å²) < 4.78 is 20.9. The molecule has 1 amide bonds. The Morgan fingerprint density at radius 3 is 2.97 bits per heavy atom.